The molecule has 19 heavy (non-hydrogen) atoms. The van der Waals surface area contributed by atoms with Crippen LogP contribution in [0.3, 0.4) is 0 Å². The minimum Gasteiger partial charge on any atom is -0.468 e. The van der Waals surface area contributed by atoms with Crippen LogP contribution in [0.15, 0.2) is 0 Å². The zero-order valence-corrected chi connectivity index (χ0v) is 12.6. The van der Waals surface area contributed by atoms with Gasteiger partial charge in [-0.05, 0) is 39.2 Å². The monoisotopic (exact) mass is 272 g/mol. The van der Waals surface area contributed by atoms with Crippen LogP contribution in [0, 0.1) is 5.92 Å². The van der Waals surface area contributed by atoms with Crippen molar-refractivity contribution < 1.29 is 14.3 Å². The molecule has 1 aliphatic carbocycles. The third kappa shape index (κ3) is 5.47. The molecule has 0 radical (unpaired) electrons. The molecule has 5 heteroatoms. The number of ether oxygens (including phenoxy) is 2. The lowest BCUT2D eigenvalue weighted by Crippen LogP contribution is -2.43. The number of likely N-dealkylation sites (N-methyl/N-ethyl adjacent to an activating group) is 1. The Morgan fingerprint density at radius 1 is 1.37 bits per heavy atom. The number of hydrogen-bond acceptors (Lipinski definition) is 5. The second-order valence-corrected chi connectivity index (χ2v) is 5.26. The summed E-state index contributed by atoms with van der Waals surface area (Å²) in [5.41, 5.74) is 0. The molecule has 1 fully saturated rings. The van der Waals surface area contributed by atoms with E-state index >= 15 is 0 Å². The minimum atomic E-state index is -0.221. The molecule has 1 rings (SSSR count). The van der Waals surface area contributed by atoms with E-state index < -0.39 is 0 Å². The van der Waals surface area contributed by atoms with Crippen LogP contribution < -0.4 is 5.32 Å². The summed E-state index contributed by atoms with van der Waals surface area (Å²) in [6.07, 6.45) is 3.43. The molecule has 1 saturated carbocycles. The van der Waals surface area contributed by atoms with E-state index in [1.807, 2.05) is 0 Å². The van der Waals surface area contributed by atoms with Crippen LogP contribution in [-0.2, 0) is 14.3 Å². The number of carbonyl (C=O) groups is 1. The van der Waals surface area contributed by atoms with Gasteiger partial charge in [-0.3, -0.25) is 9.69 Å². The molecular formula is C14H28N2O3. The first-order chi connectivity index (χ1) is 9.13. The van der Waals surface area contributed by atoms with E-state index in [0.29, 0.717) is 6.04 Å². The largest absolute Gasteiger partial charge is 0.468 e. The molecule has 0 saturated heterocycles. The molecule has 112 valence electrons. The number of esters is 1. The molecule has 1 N–H and O–H groups in total. The van der Waals surface area contributed by atoms with Gasteiger partial charge in [0.15, 0.2) is 0 Å². The van der Waals surface area contributed by atoms with E-state index in [-0.39, 0.29) is 12.0 Å². The molecule has 0 bridgehead atoms. The number of rotatable bonds is 10. The molecule has 0 heterocycles. The number of methoxy groups -OCH3 is 2. The molecule has 5 nitrogen and oxygen atoms in total. The lowest BCUT2D eigenvalue weighted by molar-refractivity contribution is -0.143. The second kappa shape index (κ2) is 8.51. The lowest BCUT2D eigenvalue weighted by atomic mass is 10.1. The van der Waals surface area contributed by atoms with Gasteiger partial charge in [-0.1, -0.05) is 0 Å². The van der Waals surface area contributed by atoms with E-state index in [4.69, 9.17) is 9.47 Å². The maximum Gasteiger partial charge on any atom is 0.322 e. The van der Waals surface area contributed by atoms with Gasteiger partial charge in [-0.15, -0.1) is 0 Å². The minimum absolute atomic E-state index is 0.187. The van der Waals surface area contributed by atoms with Crippen molar-refractivity contribution in [3.63, 3.8) is 0 Å². The summed E-state index contributed by atoms with van der Waals surface area (Å²) < 4.78 is 9.97. The van der Waals surface area contributed by atoms with Gasteiger partial charge in [-0.2, -0.15) is 0 Å². The molecule has 0 aromatic heterocycles. The summed E-state index contributed by atoms with van der Waals surface area (Å²) in [6, 6.07) is 0.353. The Bertz CT molecular complexity index is 269. The Kier molecular flexibility index (Phi) is 7.34. The van der Waals surface area contributed by atoms with Crippen molar-refractivity contribution in [2.24, 2.45) is 5.92 Å². The van der Waals surface area contributed by atoms with Gasteiger partial charge in [0.25, 0.3) is 0 Å². The van der Waals surface area contributed by atoms with Crippen molar-refractivity contribution in [3.8, 4) is 0 Å². The van der Waals surface area contributed by atoms with Crippen LogP contribution in [0.5, 0.6) is 0 Å². The smallest absolute Gasteiger partial charge is 0.322 e. The summed E-state index contributed by atoms with van der Waals surface area (Å²) >= 11 is 0. The van der Waals surface area contributed by atoms with Crippen LogP contribution in [-0.4, -0.2) is 63.9 Å². The molecule has 0 aromatic carbocycles. The zero-order valence-electron chi connectivity index (χ0n) is 12.6. The molecule has 2 unspecified atom stereocenters. The first kappa shape index (κ1) is 16.4. The topological polar surface area (TPSA) is 50.8 Å². The summed E-state index contributed by atoms with van der Waals surface area (Å²) in [5.74, 6) is 0.635. The maximum atomic E-state index is 11.6. The van der Waals surface area contributed by atoms with Gasteiger partial charge >= 0.3 is 5.97 Å². The van der Waals surface area contributed by atoms with E-state index in [1.165, 1.54) is 20.0 Å². The Balaban J connectivity index is 2.43. The molecule has 1 aliphatic rings. The molecule has 0 aliphatic heterocycles. The van der Waals surface area contributed by atoms with Crippen molar-refractivity contribution in [1.82, 2.24) is 10.2 Å². The quantitative estimate of drug-likeness (QED) is 0.598. The lowest BCUT2D eigenvalue weighted by Gasteiger charge is -2.30. The average Bonchev–Trinajstić information content (AvgIpc) is 3.26. The number of carbonyl (C=O) groups excluding carboxylic acids is 1. The third-order valence-corrected chi connectivity index (χ3v) is 4.00. The number of hydrogen-bond donors (Lipinski definition) is 1. The molecule has 0 spiro atoms. The van der Waals surface area contributed by atoms with Gasteiger partial charge in [-0.25, -0.2) is 0 Å². The Hall–Kier alpha value is -0.650. The normalized spacial score (nSPS) is 18.4. The average molecular weight is 272 g/mol. The Morgan fingerprint density at radius 3 is 2.53 bits per heavy atom. The van der Waals surface area contributed by atoms with Crippen molar-refractivity contribution >= 4 is 5.97 Å². The summed E-state index contributed by atoms with van der Waals surface area (Å²) in [5, 5.41) is 3.02. The van der Waals surface area contributed by atoms with E-state index in [9.17, 15) is 4.79 Å². The number of nitrogens with one attached hydrogen (secondary N) is 1. The molecular weight excluding hydrogens is 244 g/mol. The van der Waals surface area contributed by atoms with E-state index in [2.05, 4.69) is 17.1 Å². The van der Waals surface area contributed by atoms with Crippen LogP contribution in [0.1, 0.15) is 26.2 Å². The van der Waals surface area contributed by atoms with Gasteiger partial charge in [0.05, 0.1) is 13.7 Å². The third-order valence-electron chi connectivity index (χ3n) is 4.00. The molecule has 2 atom stereocenters. The van der Waals surface area contributed by atoms with Crippen molar-refractivity contribution in [1.29, 1.82) is 0 Å². The van der Waals surface area contributed by atoms with Crippen molar-refractivity contribution in [2.45, 2.75) is 38.3 Å². The number of nitrogens with zero attached hydrogens (tertiary/aromatic N) is 1. The first-order valence-electron chi connectivity index (χ1n) is 7.12. The highest BCUT2D eigenvalue weighted by atomic mass is 16.5. The van der Waals surface area contributed by atoms with Crippen LogP contribution in [0.2, 0.25) is 0 Å². The predicted octanol–water partition coefficient (Wildman–Crippen LogP) is 0.884. The first-order valence-corrected chi connectivity index (χ1v) is 7.12. The van der Waals surface area contributed by atoms with Gasteiger partial charge in [0.1, 0.15) is 6.04 Å². The SMILES string of the molecule is CNC(CCN(CCOC)C(C)C1CC1)C(=O)OC. The Morgan fingerprint density at radius 2 is 2.05 bits per heavy atom. The summed E-state index contributed by atoms with van der Waals surface area (Å²) in [6.45, 7) is 4.83. The van der Waals surface area contributed by atoms with Crippen LogP contribution in [0.4, 0.5) is 0 Å². The fraction of sp³-hybridized carbons (Fsp3) is 0.929. The summed E-state index contributed by atoms with van der Waals surface area (Å²) in [7, 11) is 4.96. The Labute approximate surface area is 116 Å². The van der Waals surface area contributed by atoms with Gasteiger partial charge in [0, 0.05) is 26.2 Å². The second-order valence-electron chi connectivity index (χ2n) is 5.26. The van der Waals surface area contributed by atoms with Crippen LogP contribution in [0.25, 0.3) is 0 Å². The van der Waals surface area contributed by atoms with E-state index in [1.54, 1.807) is 14.2 Å². The maximum absolute atomic E-state index is 11.6. The summed E-state index contributed by atoms with van der Waals surface area (Å²) in [4.78, 5) is 14.0. The van der Waals surface area contributed by atoms with E-state index in [0.717, 1.165) is 32.0 Å². The fourth-order valence-corrected chi connectivity index (χ4v) is 2.42. The van der Waals surface area contributed by atoms with Crippen LogP contribution >= 0.6 is 0 Å². The fourth-order valence-electron chi connectivity index (χ4n) is 2.42. The predicted molar refractivity (Wildman–Crippen MR) is 75.1 cm³/mol. The molecule has 0 aromatic rings. The highest BCUT2D eigenvalue weighted by Gasteiger charge is 2.32. The standard InChI is InChI=1S/C14H28N2O3/c1-11(12-5-6-12)16(9-10-18-3)8-7-13(15-2)14(17)19-4/h11-13,15H,5-10H2,1-4H3. The van der Waals surface area contributed by atoms with Crippen molar-refractivity contribution in [2.75, 3.05) is 41.0 Å². The van der Waals surface area contributed by atoms with Gasteiger partial charge in [0.2, 0.25) is 0 Å². The zero-order chi connectivity index (χ0) is 14.3. The van der Waals surface area contributed by atoms with Crippen molar-refractivity contribution in [3.05, 3.63) is 0 Å². The van der Waals surface area contributed by atoms with Gasteiger partial charge < -0.3 is 14.8 Å². The highest BCUT2D eigenvalue weighted by molar-refractivity contribution is 5.75. The highest BCUT2D eigenvalue weighted by Crippen LogP contribution is 2.35. The molecule has 0 amide bonds.